The Bertz CT molecular complexity index is 239. The van der Waals surface area contributed by atoms with Gasteiger partial charge < -0.3 is 5.11 Å². The first-order valence-electron chi connectivity index (χ1n) is 4.06. The third kappa shape index (κ3) is 1.61. The molecule has 0 bridgehead atoms. The summed E-state index contributed by atoms with van der Waals surface area (Å²) in [6.45, 7) is 0. The van der Waals surface area contributed by atoms with Gasteiger partial charge in [0.05, 0.1) is 6.10 Å². The van der Waals surface area contributed by atoms with Gasteiger partial charge in [-0.1, -0.05) is 11.8 Å². The minimum Gasteiger partial charge on any atom is -0.392 e. The van der Waals surface area contributed by atoms with Crippen LogP contribution in [0.2, 0.25) is 0 Å². The smallest absolute Gasteiger partial charge is 0.183 e. The molecule has 66 valence electrons. The van der Waals surface area contributed by atoms with Crippen LogP contribution in [0.5, 0.6) is 0 Å². The Balaban J connectivity index is 1.95. The van der Waals surface area contributed by atoms with Gasteiger partial charge in [0.15, 0.2) is 5.16 Å². The number of aliphatic hydroxyl groups excluding tert-OH is 1. The quantitative estimate of drug-likeness (QED) is 0.715. The average molecular weight is 185 g/mol. The summed E-state index contributed by atoms with van der Waals surface area (Å²) in [6, 6.07) is 0. The van der Waals surface area contributed by atoms with Gasteiger partial charge in [-0.25, -0.2) is 4.98 Å². The van der Waals surface area contributed by atoms with E-state index in [0.717, 1.165) is 24.4 Å². The van der Waals surface area contributed by atoms with E-state index in [1.54, 1.807) is 11.8 Å². The zero-order valence-corrected chi connectivity index (χ0v) is 7.42. The van der Waals surface area contributed by atoms with Gasteiger partial charge >= 0.3 is 0 Å². The number of rotatable bonds is 2. The van der Waals surface area contributed by atoms with Crippen LogP contribution in [0.15, 0.2) is 11.5 Å². The Hall–Kier alpha value is -0.550. The minimum atomic E-state index is -0.167. The summed E-state index contributed by atoms with van der Waals surface area (Å²) in [4.78, 5) is 4.00. The summed E-state index contributed by atoms with van der Waals surface area (Å²) in [6.07, 6.45) is 4.44. The number of thioether (sulfide) groups is 1. The summed E-state index contributed by atoms with van der Waals surface area (Å²) < 4.78 is 0. The number of nitrogens with zero attached hydrogens (tertiary/aromatic N) is 2. The Morgan fingerprint density at radius 2 is 2.50 bits per heavy atom. The van der Waals surface area contributed by atoms with Crippen LogP contribution < -0.4 is 0 Å². The monoisotopic (exact) mass is 185 g/mol. The lowest BCUT2D eigenvalue weighted by atomic mass is 10.3. The molecule has 0 saturated heterocycles. The van der Waals surface area contributed by atoms with E-state index in [0.29, 0.717) is 5.25 Å². The van der Waals surface area contributed by atoms with Crippen molar-refractivity contribution in [2.45, 2.75) is 35.8 Å². The van der Waals surface area contributed by atoms with Crippen LogP contribution >= 0.6 is 11.8 Å². The van der Waals surface area contributed by atoms with Crippen LogP contribution in [-0.4, -0.2) is 31.6 Å². The second kappa shape index (κ2) is 3.45. The van der Waals surface area contributed by atoms with E-state index >= 15 is 0 Å². The summed E-state index contributed by atoms with van der Waals surface area (Å²) in [5, 5.41) is 17.1. The topological polar surface area (TPSA) is 61.8 Å². The third-order valence-corrected chi connectivity index (χ3v) is 3.35. The number of aromatic amines is 1. The van der Waals surface area contributed by atoms with Crippen molar-refractivity contribution in [1.29, 1.82) is 0 Å². The van der Waals surface area contributed by atoms with Crippen molar-refractivity contribution in [2.24, 2.45) is 0 Å². The van der Waals surface area contributed by atoms with E-state index in [4.69, 9.17) is 0 Å². The molecule has 4 nitrogen and oxygen atoms in total. The first-order chi connectivity index (χ1) is 5.86. The molecule has 0 aromatic carbocycles. The van der Waals surface area contributed by atoms with Gasteiger partial charge in [0, 0.05) is 5.25 Å². The predicted octanol–water partition coefficient (Wildman–Crippen LogP) is 0.810. The molecule has 1 aliphatic rings. The molecule has 12 heavy (non-hydrogen) atoms. The van der Waals surface area contributed by atoms with E-state index in [2.05, 4.69) is 15.2 Å². The number of hydrogen-bond acceptors (Lipinski definition) is 4. The summed E-state index contributed by atoms with van der Waals surface area (Å²) >= 11 is 1.59. The van der Waals surface area contributed by atoms with Crippen molar-refractivity contribution in [3.05, 3.63) is 6.33 Å². The maximum atomic E-state index is 9.50. The van der Waals surface area contributed by atoms with Crippen LogP contribution in [0.1, 0.15) is 19.3 Å². The molecule has 1 heterocycles. The second-order valence-electron chi connectivity index (χ2n) is 2.95. The molecular formula is C7H11N3OS. The number of H-pyrrole nitrogens is 1. The van der Waals surface area contributed by atoms with Crippen molar-refractivity contribution in [2.75, 3.05) is 0 Å². The van der Waals surface area contributed by atoms with Crippen LogP contribution in [-0.2, 0) is 0 Å². The number of aliphatic hydroxyl groups is 1. The van der Waals surface area contributed by atoms with Crippen LogP contribution in [0.25, 0.3) is 0 Å². The van der Waals surface area contributed by atoms with Crippen molar-refractivity contribution in [3.8, 4) is 0 Å². The van der Waals surface area contributed by atoms with Gasteiger partial charge in [-0.2, -0.15) is 5.10 Å². The lowest BCUT2D eigenvalue weighted by Gasteiger charge is -2.10. The molecule has 1 aromatic rings. The molecule has 2 N–H and O–H groups in total. The summed E-state index contributed by atoms with van der Waals surface area (Å²) in [7, 11) is 0. The molecule has 2 atom stereocenters. The fourth-order valence-electron chi connectivity index (χ4n) is 1.44. The Morgan fingerprint density at radius 3 is 3.08 bits per heavy atom. The van der Waals surface area contributed by atoms with Crippen LogP contribution in [0.4, 0.5) is 0 Å². The Labute approximate surface area is 74.8 Å². The van der Waals surface area contributed by atoms with Crippen LogP contribution in [0.3, 0.4) is 0 Å². The molecule has 0 amide bonds. The maximum Gasteiger partial charge on any atom is 0.183 e. The molecule has 0 spiro atoms. The molecular weight excluding hydrogens is 174 g/mol. The molecule has 2 unspecified atom stereocenters. The van der Waals surface area contributed by atoms with E-state index in [-0.39, 0.29) is 6.10 Å². The highest BCUT2D eigenvalue weighted by Crippen LogP contribution is 2.32. The fraction of sp³-hybridized carbons (Fsp3) is 0.714. The van der Waals surface area contributed by atoms with Crippen molar-refractivity contribution in [3.63, 3.8) is 0 Å². The zero-order chi connectivity index (χ0) is 8.39. The van der Waals surface area contributed by atoms with Gasteiger partial charge in [0.25, 0.3) is 0 Å². The van der Waals surface area contributed by atoms with Gasteiger partial charge in [0.2, 0.25) is 0 Å². The number of aromatic nitrogens is 3. The normalized spacial score (nSPS) is 29.4. The van der Waals surface area contributed by atoms with Crippen LogP contribution in [0, 0.1) is 0 Å². The van der Waals surface area contributed by atoms with Gasteiger partial charge in [-0.3, -0.25) is 5.10 Å². The average Bonchev–Trinajstić information content (AvgIpc) is 2.65. The largest absolute Gasteiger partial charge is 0.392 e. The lowest BCUT2D eigenvalue weighted by Crippen LogP contribution is -2.15. The molecule has 1 saturated carbocycles. The van der Waals surface area contributed by atoms with Gasteiger partial charge in [-0.05, 0) is 19.3 Å². The van der Waals surface area contributed by atoms with E-state index in [1.165, 1.54) is 6.33 Å². The van der Waals surface area contributed by atoms with Crippen molar-refractivity contribution >= 4 is 11.8 Å². The summed E-state index contributed by atoms with van der Waals surface area (Å²) in [5.74, 6) is 0. The number of nitrogens with one attached hydrogen (secondary N) is 1. The van der Waals surface area contributed by atoms with Crippen molar-refractivity contribution in [1.82, 2.24) is 15.2 Å². The highest BCUT2D eigenvalue weighted by Gasteiger charge is 2.26. The maximum absolute atomic E-state index is 9.50. The minimum absolute atomic E-state index is 0.167. The SMILES string of the molecule is OC1CCCC1Sc1ncn[nH]1. The molecule has 1 fully saturated rings. The Kier molecular flexibility index (Phi) is 2.32. The first-order valence-corrected chi connectivity index (χ1v) is 4.94. The summed E-state index contributed by atoms with van der Waals surface area (Å²) in [5.41, 5.74) is 0. The zero-order valence-electron chi connectivity index (χ0n) is 6.60. The lowest BCUT2D eigenvalue weighted by molar-refractivity contribution is 0.188. The molecule has 2 rings (SSSR count). The molecule has 1 aromatic heterocycles. The highest BCUT2D eigenvalue weighted by molar-refractivity contribution is 7.99. The third-order valence-electron chi connectivity index (χ3n) is 2.07. The van der Waals surface area contributed by atoms with E-state index in [9.17, 15) is 5.11 Å². The first kappa shape index (κ1) is 8.07. The van der Waals surface area contributed by atoms with E-state index < -0.39 is 0 Å². The fourth-order valence-corrected chi connectivity index (χ4v) is 2.52. The Morgan fingerprint density at radius 1 is 1.58 bits per heavy atom. The molecule has 0 radical (unpaired) electrons. The van der Waals surface area contributed by atoms with Gasteiger partial charge in [0.1, 0.15) is 6.33 Å². The standard InChI is InChI=1S/C7H11N3OS/c11-5-2-1-3-6(5)12-7-8-4-9-10-7/h4-6,11H,1-3H2,(H,8,9,10). The molecule has 1 aliphatic carbocycles. The molecule has 0 aliphatic heterocycles. The molecule has 5 heteroatoms. The van der Waals surface area contributed by atoms with Crippen molar-refractivity contribution < 1.29 is 5.11 Å². The van der Waals surface area contributed by atoms with Gasteiger partial charge in [-0.15, -0.1) is 0 Å². The highest BCUT2D eigenvalue weighted by atomic mass is 32.2. The number of hydrogen-bond donors (Lipinski definition) is 2. The van der Waals surface area contributed by atoms with E-state index in [1.807, 2.05) is 0 Å². The predicted molar refractivity (Wildman–Crippen MR) is 45.9 cm³/mol. The second-order valence-corrected chi connectivity index (χ2v) is 4.17.